The third-order valence-corrected chi connectivity index (χ3v) is 6.06. The summed E-state index contributed by atoms with van der Waals surface area (Å²) in [6.45, 7) is 5.55. The molecule has 0 radical (unpaired) electrons. The van der Waals surface area contributed by atoms with Crippen molar-refractivity contribution in [2.75, 3.05) is 20.0 Å². The van der Waals surface area contributed by atoms with Crippen LogP contribution in [0.1, 0.15) is 60.4 Å². The summed E-state index contributed by atoms with van der Waals surface area (Å²) in [6, 6.07) is 8.06. The Morgan fingerprint density at radius 3 is 2.72 bits per heavy atom. The Morgan fingerprint density at radius 2 is 1.94 bits per heavy atom. The number of hydrogen-bond donors (Lipinski definition) is 2. The van der Waals surface area contributed by atoms with Crippen molar-refractivity contribution in [3.8, 4) is 11.5 Å². The van der Waals surface area contributed by atoms with Gasteiger partial charge in [-0.05, 0) is 37.0 Å². The van der Waals surface area contributed by atoms with Gasteiger partial charge in [0.1, 0.15) is 0 Å². The average Bonchev–Trinajstić information content (AvgIpc) is 3.44. The number of fused-ring (bicyclic) bond motifs is 2. The van der Waals surface area contributed by atoms with E-state index in [9.17, 15) is 9.59 Å². The number of amides is 1. The van der Waals surface area contributed by atoms with E-state index in [1.807, 2.05) is 19.9 Å². The van der Waals surface area contributed by atoms with E-state index in [-0.39, 0.29) is 24.2 Å². The van der Waals surface area contributed by atoms with Gasteiger partial charge in [0.25, 0.3) is 11.5 Å². The molecule has 1 aromatic carbocycles. The number of nitrogens with zero attached hydrogens (tertiary/aromatic N) is 2. The van der Waals surface area contributed by atoms with Crippen LogP contribution in [0.15, 0.2) is 35.1 Å². The second kappa shape index (κ2) is 8.31. The average molecular weight is 438 g/mol. The first-order chi connectivity index (χ1) is 15.5. The number of rotatable bonds is 5. The molecule has 4 heterocycles. The quantitative estimate of drug-likeness (QED) is 0.634. The summed E-state index contributed by atoms with van der Waals surface area (Å²) in [5.41, 5.74) is 2.33. The standard InChI is InChI=1S/C23H26N4O5/c1-13(2)22(25-23(29)15-3-4-18-19(9-15)32-12-31-18)17-11-21(28)27-20(24-17)10-16(26-27)14-5-7-30-8-6-14/h3-4,9-11,13-14,22,26H,5-8,12H2,1-2H3,(H,25,29)/t22-/m1/s1. The van der Waals surface area contributed by atoms with Gasteiger partial charge in [-0.3, -0.25) is 14.7 Å². The normalized spacial score (nSPS) is 17.1. The van der Waals surface area contributed by atoms with Crippen LogP contribution in [0.3, 0.4) is 0 Å². The monoisotopic (exact) mass is 438 g/mol. The fourth-order valence-corrected chi connectivity index (χ4v) is 4.25. The molecule has 168 valence electrons. The number of aromatic amines is 1. The van der Waals surface area contributed by atoms with E-state index in [4.69, 9.17) is 19.2 Å². The van der Waals surface area contributed by atoms with E-state index in [1.54, 1.807) is 18.2 Å². The molecule has 2 N–H and O–H groups in total. The Hall–Kier alpha value is -3.33. The SMILES string of the molecule is CC(C)[C@@H](NC(=O)c1ccc2c(c1)OCO2)c1cc(=O)n2[nH]c(C3CCOCC3)cc2n1. The van der Waals surface area contributed by atoms with E-state index in [0.29, 0.717) is 34.3 Å². The second-order valence-corrected chi connectivity index (χ2v) is 8.57. The molecular weight excluding hydrogens is 412 g/mol. The second-order valence-electron chi connectivity index (χ2n) is 8.57. The number of benzene rings is 1. The van der Waals surface area contributed by atoms with Gasteiger partial charge in [0, 0.05) is 42.5 Å². The van der Waals surface area contributed by atoms with Crippen LogP contribution in [0, 0.1) is 5.92 Å². The molecule has 3 aromatic rings. The first-order valence-electron chi connectivity index (χ1n) is 10.9. The molecule has 1 saturated heterocycles. The fraction of sp³-hybridized carbons (Fsp3) is 0.435. The maximum Gasteiger partial charge on any atom is 0.272 e. The zero-order valence-electron chi connectivity index (χ0n) is 18.1. The van der Waals surface area contributed by atoms with Gasteiger partial charge in [-0.1, -0.05) is 13.8 Å². The van der Waals surface area contributed by atoms with Crippen molar-refractivity contribution in [2.45, 2.75) is 38.6 Å². The molecule has 2 aromatic heterocycles. The van der Waals surface area contributed by atoms with Crippen molar-refractivity contribution in [1.82, 2.24) is 19.9 Å². The molecule has 1 fully saturated rings. The van der Waals surface area contributed by atoms with Gasteiger partial charge >= 0.3 is 0 Å². The van der Waals surface area contributed by atoms with Crippen molar-refractivity contribution in [3.05, 3.63) is 57.6 Å². The largest absolute Gasteiger partial charge is 0.454 e. The van der Waals surface area contributed by atoms with Crippen molar-refractivity contribution in [2.24, 2.45) is 5.92 Å². The van der Waals surface area contributed by atoms with E-state index in [1.165, 1.54) is 10.6 Å². The zero-order chi connectivity index (χ0) is 22.2. The van der Waals surface area contributed by atoms with E-state index >= 15 is 0 Å². The molecule has 32 heavy (non-hydrogen) atoms. The van der Waals surface area contributed by atoms with Crippen molar-refractivity contribution < 1.29 is 19.0 Å². The van der Waals surface area contributed by atoms with Crippen LogP contribution in [-0.4, -0.2) is 40.5 Å². The fourth-order valence-electron chi connectivity index (χ4n) is 4.25. The third kappa shape index (κ3) is 3.84. The predicted octanol–water partition coefficient (Wildman–Crippen LogP) is 2.77. The van der Waals surface area contributed by atoms with Crippen molar-refractivity contribution in [3.63, 3.8) is 0 Å². The highest BCUT2D eigenvalue weighted by Crippen LogP contribution is 2.33. The van der Waals surface area contributed by atoms with Crippen molar-refractivity contribution in [1.29, 1.82) is 0 Å². The molecule has 0 spiro atoms. The Kier molecular flexibility index (Phi) is 5.34. The lowest BCUT2D eigenvalue weighted by molar-refractivity contribution is 0.0844. The molecular formula is C23H26N4O5. The smallest absolute Gasteiger partial charge is 0.272 e. The van der Waals surface area contributed by atoms with Crippen LogP contribution in [0.2, 0.25) is 0 Å². The van der Waals surface area contributed by atoms with Crippen LogP contribution in [0.25, 0.3) is 5.65 Å². The molecule has 9 nitrogen and oxygen atoms in total. The summed E-state index contributed by atoms with van der Waals surface area (Å²) in [6.07, 6.45) is 1.82. The molecule has 1 amide bonds. The zero-order valence-corrected chi connectivity index (χ0v) is 18.1. The Morgan fingerprint density at radius 1 is 1.16 bits per heavy atom. The van der Waals surface area contributed by atoms with Crippen LogP contribution >= 0.6 is 0 Å². The summed E-state index contributed by atoms with van der Waals surface area (Å²) >= 11 is 0. The highest BCUT2D eigenvalue weighted by atomic mass is 16.7. The summed E-state index contributed by atoms with van der Waals surface area (Å²) in [5, 5.41) is 6.22. The summed E-state index contributed by atoms with van der Waals surface area (Å²) < 4.78 is 17.6. The number of aromatic nitrogens is 3. The van der Waals surface area contributed by atoms with E-state index in [2.05, 4.69) is 10.4 Å². The van der Waals surface area contributed by atoms with Gasteiger partial charge in [0.15, 0.2) is 17.1 Å². The summed E-state index contributed by atoms with van der Waals surface area (Å²) in [4.78, 5) is 30.5. The minimum Gasteiger partial charge on any atom is -0.454 e. The highest BCUT2D eigenvalue weighted by molar-refractivity contribution is 5.95. The molecule has 1 atom stereocenters. The van der Waals surface area contributed by atoms with E-state index < -0.39 is 6.04 Å². The predicted molar refractivity (Wildman–Crippen MR) is 116 cm³/mol. The summed E-state index contributed by atoms with van der Waals surface area (Å²) in [7, 11) is 0. The van der Waals surface area contributed by atoms with Gasteiger partial charge in [0.05, 0.1) is 11.7 Å². The number of carbonyl (C=O) groups excluding carboxylic acids is 1. The van der Waals surface area contributed by atoms with Gasteiger partial charge in [0.2, 0.25) is 6.79 Å². The molecule has 0 aliphatic carbocycles. The lowest BCUT2D eigenvalue weighted by Crippen LogP contribution is -2.33. The maximum atomic E-state index is 13.0. The number of H-pyrrole nitrogens is 1. The molecule has 0 bridgehead atoms. The molecule has 5 rings (SSSR count). The molecule has 0 unspecified atom stereocenters. The molecule has 0 saturated carbocycles. The maximum absolute atomic E-state index is 13.0. The molecule has 2 aliphatic rings. The summed E-state index contributed by atoms with van der Waals surface area (Å²) in [5.74, 6) is 1.25. The number of ether oxygens (including phenoxy) is 3. The van der Waals surface area contributed by atoms with Crippen LogP contribution in [-0.2, 0) is 4.74 Å². The minimum absolute atomic E-state index is 0.0243. The van der Waals surface area contributed by atoms with Gasteiger partial charge < -0.3 is 19.5 Å². The third-order valence-electron chi connectivity index (χ3n) is 6.06. The Balaban J connectivity index is 1.43. The topological polar surface area (TPSA) is 107 Å². The molecule has 2 aliphatic heterocycles. The minimum atomic E-state index is -0.424. The lowest BCUT2D eigenvalue weighted by atomic mass is 9.97. The van der Waals surface area contributed by atoms with Crippen LogP contribution < -0.4 is 20.3 Å². The Labute approximate surface area is 184 Å². The van der Waals surface area contributed by atoms with Gasteiger partial charge in [-0.25, -0.2) is 9.50 Å². The van der Waals surface area contributed by atoms with Gasteiger partial charge in [-0.2, -0.15) is 0 Å². The Bertz CT molecular complexity index is 1210. The van der Waals surface area contributed by atoms with Crippen LogP contribution in [0.5, 0.6) is 11.5 Å². The van der Waals surface area contributed by atoms with E-state index in [0.717, 1.165) is 31.7 Å². The lowest BCUT2D eigenvalue weighted by Gasteiger charge is -2.22. The van der Waals surface area contributed by atoms with Crippen molar-refractivity contribution >= 4 is 11.6 Å². The molecule has 9 heteroatoms. The first kappa shape index (κ1) is 20.6. The number of hydrogen-bond acceptors (Lipinski definition) is 6. The van der Waals surface area contributed by atoms with Gasteiger partial charge in [-0.15, -0.1) is 0 Å². The number of nitrogens with one attached hydrogen (secondary N) is 2. The van der Waals surface area contributed by atoms with Crippen LogP contribution in [0.4, 0.5) is 0 Å². The first-order valence-corrected chi connectivity index (χ1v) is 10.9. The number of carbonyl (C=O) groups is 1. The highest BCUT2D eigenvalue weighted by Gasteiger charge is 2.25.